The molecule has 2 rings (SSSR count). The maximum Gasteiger partial charge on any atom is 0.417 e. The lowest BCUT2D eigenvalue weighted by atomic mass is 10.2. The fourth-order valence-corrected chi connectivity index (χ4v) is 1.52. The van der Waals surface area contributed by atoms with E-state index < -0.39 is 18.9 Å². The van der Waals surface area contributed by atoms with Gasteiger partial charge in [0, 0.05) is 12.6 Å². The van der Waals surface area contributed by atoms with Gasteiger partial charge in [-0.15, -0.1) is 0 Å². The van der Waals surface area contributed by atoms with Crippen LogP contribution in [0, 0.1) is 0 Å². The Bertz CT molecular complexity index is 401. The van der Waals surface area contributed by atoms with E-state index in [9.17, 15) is 13.2 Å². The number of halogens is 3. The Labute approximate surface area is 109 Å². The quantitative estimate of drug-likeness (QED) is 0.836. The van der Waals surface area contributed by atoms with Crippen molar-refractivity contribution in [1.82, 2.24) is 5.32 Å². The number of hydrogen-bond acceptors (Lipinski definition) is 3. The normalized spacial score (nSPS) is 17.3. The van der Waals surface area contributed by atoms with E-state index in [1.54, 1.807) is 24.3 Å². The van der Waals surface area contributed by atoms with Gasteiger partial charge in [0.1, 0.15) is 12.4 Å². The van der Waals surface area contributed by atoms with Crippen LogP contribution in [0.3, 0.4) is 0 Å². The van der Waals surface area contributed by atoms with Gasteiger partial charge in [-0.3, -0.25) is 0 Å². The van der Waals surface area contributed by atoms with Crippen molar-refractivity contribution < 1.29 is 23.0 Å². The van der Waals surface area contributed by atoms with E-state index in [4.69, 9.17) is 9.84 Å². The number of aliphatic hydroxyl groups is 1. The van der Waals surface area contributed by atoms with Crippen molar-refractivity contribution in [2.24, 2.45) is 0 Å². The second kappa shape index (κ2) is 5.79. The van der Waals surface area contributed by atoms with Crippen LogP contribution in [-0.2, 0) is 6.54 Å². The van der Waals surface area contributed by atoms with Gasteiger partial charge >= 0.3 is 6.18 Å². The maximum atomic E-state index is 12.1. The molecule has 0 heterocycles. The minimum Gasteiger partial charge on any atom is -0.491 e. The van der Waals surface area contributed by atoms with Crippen molar-refractivity contribution in [3.8, 4) is 5.75 Å². The zero-order chi connectivity index (χ0) is 13.9. The van der Waals surface area contributed by atoms with Crippen LogP contribution in [-0.4, -0.2) is 30.0 Å². The van der Waals surface area contributed by atoms with Crippen LogP contribution in [0.15, 0.2) is 24.3 Å². The molecule has 106 valence electrons. The molecule has 0 radical (unpaired) electrons. The third kappa shape index (κ3) is 4.72. The first kappa shape index (κ1) is 14.1. The Morgan fingerprint density at radius 3 is 2.42 bits per heavy atom. The third-order valence-corrected chi connectivity index (χ3v) is 2.88. The number of hydrogen-bond donors (Lipinski definition) is 2. The van der Waals surface area contributed by atoms with Crippen molar-refractivity contribution in [1.29, 1.82) is 0 Å². The first-order chi connectivity index (χ1) is 8.95. The molecule has 1 atom stereocenters. The predicted octanol–water partition coefficient (Wildman–Crippen LogP) is 2.24. The minimum absolute atomic E-state index is 0.318. The number of nitrogens with one attached hydrogen (secondary N) is 1. The van der Waals surface area contributed by atoms with E-state index in [0.717, 1.165) is 12.1 Å². The highest BCUT2D eigenvalue weighted by Crippen LogP contribution is 2.22. The van der Waals surface area contributed by atoms with Gasteiger partial charge in [-0.25, -0.2) is 0 Å². The van der Waals surface area contributed by atoms with E-state index in [-0.39, 0.29) is 0 Å². The van der Waals surface area contributed by atoms with Crippen molar-refractivity contribution in [2.45, 2.75) is 37.7 Å². The molecule has 1 aromatic carbocycles. The second-order valence-corrected chi connectivity index (χ2v) is 4.67. The Morgan fingerprint density at radius 1 is 1.26 bits per heavy atom. The van der Waals surface area contributed by atoms with Crippen LogP contribution in [0.1, 0.15) is 18.4 Å². The highest BCUT2D eigenvalue weighted by atomic mass is 19.4. The van der Waals surface area contributed by atoms with Crippen molar-refractivity contribution >= 4 is 0 Å². The number of aliphatic hydroxyl groups excluding tert-OH is 1. The van der Waals surface area contributed by atoms with Crippen LogP contribution >= 0.6 is 0 Å². The molecule has 1 aromatic rings. The molecular weight excluding hydrogens is 259 g/mol. The van der Waals surface area contributed by atoms with Crippen molar-refractivity contribution in [2.75, 3.05) is 6.61 Å². The summed E-state index contributed by atoms with van der Waals surface area (Å²) >= 11 is 0. The predicted molar refractivity (Wildman–Crippen MR) is 63.9 cm³/mol. The summed E-state index contributed by atoms with van der Waals surface area (Å²) in [5, 5.41) is 12.1. The summed E-state index contributed by atoms with van der Waals surface area (Å²) in [5.74, 6) is 0.318. The van der Waals surface area contributed by atoms with Gasteiger partial charge in [0.25, 0.3) is 0 Å². The molecule has 3 nitrogen and oxygen atoms in total. The molecule has 0 aromatic heterocycles. The molecule has 1 saturated carbocycles. The molecule has 1 unspecified atom stereocenters. The largest absolute Gasteiger partial charge is 0.491 e. The second-order valence-electron chi connectivity index (χ2n) is 4.67. The van der Waals surface area contributed by atoms with Crippen LogP contribution < -0.4 is 10.1 Å². The van der Waals surface area contributed by atoms with Crippen LogP contribution in [0.5, 0.6) is 5.75 Å². The summed E-state index contributed by atoms with van der Waals surface area (Å²) in [6.07, 6.45) is -4.69. The van der Waals surface area contributed by atoms with E-state index in [1.807, 2.05) is 0 Å². The first-order valence-electron chi connectivity index (χ1n) is 6.15. The summed E-state index contributed by atoms with van der Waals surface area (Å²) in [6.45, 7) is -0.0424. The lowest BCUT2D eigenvalue weighted by molar-refractivity contribution is -0.210. The molecule has 0 aliphatic heterocycles. The Balaban J connectivity index is 1.77. The fraction of sp³-hybridized carbons (Fsp3) is 0.538. The number of ether oxygens (including phenoxy) is 1. The molecule has 6 heteroatoms. The zero-order valence-electron chi connectivity index (χ0n) is 10.3. The molecule has 0 amide bonds. The number of rotatable bonds is 6. The molecule has 2 N–H and O–H groups in total. The topological polar surface area (TPSA) is 41.5 Å². The summed E-state index contributed by atoms with van der Waals surface area (Å²) < 4.78 is 41.1. The molecule has 0 bridgehead atoms. The molecular formula is C13H16F3NO2. The van der Waals surface area contributed by atoms with Crippen molar-refractivity contribution in [3.63, 3.8) is 0 Å². The molecule has 1 aliphatic carbocycles. The molecule has 19 heavy (non-hydrogen) atoms. The Morgan fingerprint density at radius 2 is 1.89 bits per heavy atom. The average molecular weight is 275 g/mol. The van der Waals surface area contributed by atoms with Gasteiger partial charge in [-0.2, -0.15) is 13.2 Å². The van der Waals surface area contributed by atoms with Gasteiger partial charge < -0.3 is 15.2 Å². The third-order valence-electron chi connectivity index (χ3n) is 2.88. The summed E-state index contributed by atoms with van der Waals surface area (Å²) in [6, 6.07) is 7.41. The van der Waals surface area contributed by atoms with Crippen LogP contribution in [0.4, 0.5) is 13.2 Å². The fourth-order valence-electron chi connectivity index (χ4n) is 1.52. The summed E-state index contributed by atoms with van der Waals surface area (Å²) in [4.78, 5) is 0. The Kier molecular flexibility index (Phi) is 4.31. The average Bonchev–Trinajstić information content (AvgIpc) is 3.17. The highest BCUT2D eigenvalue weighted by molar-refractivity contribution is 5.27. The standard InChI is InChI=1S/C13H16F3NO2/c14-13(15,16)12(18)8-19-11-5-1-9(2-6-11)7-17-10-3-4-10/h1-2,5-6,10,12,17-18H,3-4,7-8H2. The zero-order valence-corrected chi connectivity index (χ0v) is 10.3. The van der Waals surface area contributed by atoms with Gasteiger partial charge in [0.2, 0.25) is 0 Å². The molecule has 0 saturated heterocycles. The molecule has 0 spiro atoms. The van der Waals surface area contributed by atoms with Crippen molar-refractivity contribution in [3.05, 3.63) is 29.8 Å². The highest BCUT2D eigenvalue weighted by Gasteiger charge is 2.38. The lowest BCUT2D eigenvalue weighted by Crippen LogP contribution is -2.34. The summed E-state index contributed by atoms with van der Waals surface area (Å²) in [7, 11) is 0. The Hall–Kier alpha value is -1.27. The van der Waals surface area contributed by atoms with Crippen LogP contribution in [0.2, 0.25) is 0 Å². The molecule has 1 aliphatic rings. The maximum absolute atomic E-state index is 12.1. The number of alkyl halides is 3. The summed E-state index contributed by atoms with van der Waals surface area (Å²) in [5.41, 5.74) is 1.05. The smallest absolute Gasteiger partial charge is 0.417 e. The van der Waals surface area contributed by atoms with Gasteiger partial charge in [-0.05, 0) is 30.5 Å². The lowest BCUT2D eigenvalue weighted by Gasteiger charge is -2.15. The minimum atomic E-state index is -4.64. The van der Waals surface area contributed by atoms with E-state index >= 15 is 0 Å². The van der Waals surface area contributed by atoms with Gasteiger partial charge in [0.15, 0.2) is 6.10 Å². The molecule has 1 fully saturated rings. The first-order valence-corrected chi connectivity index (χ1v) is 6.15. The SMILES string of the molecule is OC(COc1ccc(CNC2CC2)cc1)C(F)(F)F. The van der Waals surface area contributed by atoms with E-state index in [2.05, 4.69) is 5.32 Å². The van der Waals surface area contributed by atoms with Gasteiger partial charge in [0.05, 0.1) is 0 Å². The van der Waals surface area contributed by atoms with E-state index in [0.29, 0.717) is 11.8 Å². The van der Waals surface area contributed by atoms with E-state index in [1.165, 1.54) is 12.8 Å². The van der Waals surface area contributed by atoms with Gasteiger partial charge in [-0.1, -0.05) is 12.1 Å². The monoisotopic (exact) mass is 275 g/mol. The number of benzene rings is 1. The van der Waals surface area contributed by atoms with Crippen LogP contribution in [0.25, 0.3) is 0 Å².